The third-order valence-corrected chi connectivity index (χ3v) is 3.63. The van der Waals surface area contributed by atoms with Gasteiger partial charge in [-0.3, -0.25) is 4.68 Å². The maximum Gasteiger partial charge on any atom is 0.356 e. The standard InChI is InChI=1S/C16H18FN3O2/c1-2-3-6-22-16(21)15-7-13(14(17)9-18-15)11-8-19-20(10-11)12-4-5-12/h7-10,12H,2-6H2,1H3. The molecule has 0 amide bonds. The van der Waals surface area contributed by atoms with E-state index in [2.05, 4.69) is 10.1 Å². The molecule has 1 aliphatic rings. The van der Waals surface area contributed by atoms with Crippen LogP contribution >= 0.6 is 0 Å². The van der Waals surface area contributed by atoms with Crippen LogP contribution in [0.4, 0.5) is 4.39 Å². The summed E-state index contributed by atoms with van der Waals surface area (Å²) < 4.78 is 20.9. The summed E-state index contributed by atoms with van der Waals surface area (Å²) in [6.45, 7) is 2.36. The molecule has 0 atom stereocenters. The van der Waals surface area contributed by atoms with E-state index in [1.165, 1.54) is 6.07 Å². The number of nitrogens with zero attached hydrogens (tertiary/aromatic N) is 3. The SMILES string of the molecule is CCCCOC(=O)c1cc(-c2cnn(C3CC3)c2)c(F)cn1. The van der Waals surface area contributed by atoms with Crippen LogP contribution in [0.1, 0.15) is 49.1 Å². The highest BCUT2D eigenvalue weighted by molar-refractivity contribution is 5.88. The van der Waals surface area contributed by atoms with Gasteiger partial charge in [-0.15, -0.1) is 0 Å². The number of unbranched alkanes of at least 4 members (excludes halogenated alkanes) is 1. The van der Waals surface area contributed by atoms with Crippen molar-refractivity contribution in [2.24, 2.45) is 0 Å². The molecule has 0 radical (unpaired) electrons. The summed E-state index contributed by atoms with van der Waals surface area (Å²) in [4.78, 5) is 15.7. The lowest BCUT2D eigenvalue weighted by molar-refractivity contribution is 0.0493. The number of rotatable bonds is 6. The van der Waals surface area contributed by atoms with Gasteiger partial charge in [-0.25, -0.2) is 14.2 Å². The van der Waals surface area contributed by atoms with E-state index in [1.54, 1.807) is 6.20 Å². The number of carbonyl (C=O) groups is 1. The van der Waals surface area contributed by atoms with Gasteiger partial charge in [0, 0.05) is 17.3 Å². The summed E-state index contributed by atoms with van der Waals surface area (Å²) in [7, 11) is 0. The summed E-state index contributed by atoms with van der Waals surface area (Å²) in [6.07, 6.45) is 8.43. The van der Waals surface area contributed by atoms with Gasteiger partial charge in [0.25, 0.3) is 0 Å². The van der Waals surface area contributed by atoms with Crippen LogP contribution in [-0.2, 0) is 4.74 Å². The quantitative estimate of drug-likeness (QED) is 0.606. The minimum atomic E-state index is -0.524. The predicted octanol–water partition coefficient (Wildman–Crippen LogP) is 3.38. The molecule has 1 fully saturated rings. The lowest BCUT2D eigenvalue weighted by Gasteiger charge is -2.05. The molecule has 5 nitrogen and oxygen atoms in total. The zero-order valence-corrected chi connectivity index (χ0v) is 12.5. The van der Waals surface area contributed by atoms with E-state index in [0.29, 0.717) is 23.8 Å². The van der Waals surface area contributed by atoms with Crippen LogP contribution < -0.4 is 0 Å². The van der Waals surface area contributed by atoms with Crippen molar-refractivity contribution in [1.82, 2.24) is 14.8 Å². The third kappa shape index (κ3) is 3.16. The highest BCUT2D eigenvalue weighted by Crippen LogP contribution is 2.35. The second-order valence-corrected chi connectivity index (χ2v) is 5.48. The summed E-state index contributed by atoms with van der Waals surface area (Å²) in [5.74, 6) is -0.996. The van der Waals surface area contributed by atoms with Gasteiger partial charge in [0.15, 0.2) is 0 Å². The van der Waals surface area contributed by atoms with Gasteiger partial charge in [0.2, 0.25) is 0 Å². The number of pyridine rings is 1. The van der Waals surface area contributed by atoms with Gasteiger partial charge >= 0.3 is 5.97 Å². The Kier molecular flexibility index (Phi) is 4.18. The number of carbonyl (C=O) groups excluding carboxylic acids is 1. The predicted molar refractivity (Wildman–Crippen MR) is 78.9 cm³/mol. The van der Waals surface area contributed by atoms with Crippen LogP contribution in [0.2, 0.25) is 0 Å². The topological polar surface area (TPSA) is 57.0 Å². The van der Waals surface area contributed by atoms with Crippen molar-refractivity contribution in [3.05, 3.63) is 36.2 Å². The van der Waals surface area contributed by atoms with Gasteiger partial charge in [-0.05, 0) is 25.3 Å². The summed E-state index contributed by atoms with van der Waals surface area (Å²) in [5, 5.41) is 4.24. The van der Waals surface area contributed by atoms with Crippen LogP contribution in [0.25, 0.3) is 11.1 Å². The smallest absolute Gasteiger partial charge is 0.356 e. The van der Waals surface area contributed by atoms with E-state index in [4.69, 9.17) is 4.74 Å². The molecule has 2 aromatic rings. The number of esters is 1. The Balaban J connectivity index is 1.80. The zero-order valence-electron chi connectivity index (χ0n) is 12.5. The first-order valence-corrected chi connectivity index (χ1v) is 7.56. The molecule has 0 saturated heterocycles. The molecule has 0 bridgehead atoms. The number of halogens is 1. The highest BCUT2D eigenvalue weighted by atomic mass is 19.1. The van der Waals surface area contributed by atoms with Crippen LogP contribution in [0, 0.1) is 5.82 Å². The molecule has 1 saturated carbocycles. The monoisotopic (exact) mass is 303 g/mol. The molecular weight excluding hydrogens is 285 g/mol. The molecule has 0 N–H and O–H groups in total. The number of aromatic nitrogens is 3. The molecule has 2 aromatic heterocycles. The van der Waals surface area contributed by atoms with E-state index >= 15 is 0 Å². The van der Waals surface area contributed by atoms with Gasteiger partial charge in [-0.1, -0.05) is 13.3 Å². The summed E-state index contributed by atoms with van der Waals surface area (Å²) in [6, 6.07) is 1.86. The highest BCUT2D eigenvalue weighted by Gasteiger charge is 2.25. The number of hydrogen-bond acceptors (Lipinski definition) is 4. The molecule has 6 heteroatoms. The van der Waals surface area contributed by atoms with Crippen molar-refractivity contribution in [2.45, 2.75) is 38.6 Å². The van der Waals surface area contributed by atoms with Gasteiger partial charge in [0.05, 0.1) is 25.0 Å². The largest absolute Gasteiger partial charge is 0.461 e. The lowest BCUT2D eigenvalue weighted by Crippen LogP contribution is -2.09. The van der Waals surface area contributed by atoms with Crippen LogP contribution in [0.3, 0.4) is 0 Å². The van der Waals surface area contributed by atoms with Gasteiger partial charge < -0.3 is 4.74 Å². The number of ether oxygens (including phenoxy) is 1. The Labute approximate surface area is 128 Å². The fourth-order valence-electron chi connectivity index (χ4n) is 2.17. The molecule has 116 valence electrons. The molecule has 22 heavy (non-hydrogen) atoms. The Hall–Kier alpha value is -2.24. The Morgan fingerprint density at radius 3 is 3.00 bits per heavy atom. The second-order valence-electron chi connectivity index (χ2n) is 5.48. The average molecular weight is 303 g/mol. The molecule has 0 aliphatic heterocycles. The number of hydrogen-bond donors (Lipinski definition) is 0. The first kappa shape index (κ1) is 14.7. The maximum absolute atomic E-state index is 14.0. The van der Waals surface area contributed by atoms with E-state index in [-0.39, 0.29) is 5.69 Å². The van der Waals surface area contributed by atoms with E-state index < -0.39 is 11.8 Å². The molecule has 3 rings (SSSR count). The first-order chi connectivity index (χ1) is 10.7. The van der Waals surface area contributed by atoms with Crippen LogP contribution in [0.15, 0.2) is 24.7 Å². The molecule has 0 aromatic carbocycles. The fourth-order valence-corrected chi connectivity index (χ4v) is 2.17. The van der Waals surface area contributed by atoms with E-state index in [9.17, 15) is 9.18 Å². The Bertz CT molecular complexity index is 680. The first-order valence-electron chi connectivity index (χ1n) is 7.56. The van der Waals surface area contributed by atoms with E-state index in [1.807, 2.05) is 17.8 Å². The molecule has 2 heterocycles. The van der Waals surface area contributed by atoms with Gasteiger partial charge in [-0.2, -0.15) is 5.10 Å². The van der Waals surface area contributed by atoms with Crippen molar-refractivity contribution < 1.29 is 13.9 Å². The fraction of sp³-hybridized carbons (Fsp3) is 0.438. The minimum absolute atomic E-state index is 0.117. The molecular formula is C16H18FN3O2. The normalized spacial score (nSPS) is 14.1. The molecule has 0 unspecified atom stereocenters. The Morgan fingerprint density at radius 1 is 1.45 bits per heavy atom. The van der Waals surface area contributed by atoms with E-state index in [0.717, 1.165) is 31.9 Å². The van der Waals surface area contributed by atoms with Crippen molar-refractivity contribution in [3.8, 4) is 11.1 Å². The summed E-state index contributed by atoms with van der Waals surface area (Å²) >= 11 is 0. The van der Waals surface area contributed by atoms with Crippen molar-refractivity contribution >= 4 is 5.97 Å². The maximum atomic E-state index is 14.0. The molecule has 0 spiro atoms. The minimum Gasteiger partial charge on any atom is -0.461 e. The Morgan fingerprint density at radius 2 is 2.27 bits per heavy atom. The van der Waals surface area contributed by atoms with Crippen LogP contribution in [-0.4, -0.2) is 27.3 Å². The van der Waals surface area contributed by atoms with Gasteiger partial charge in [0.1, 0.15) is 11.5 Å². The zero-order chi connectivity index (χ0) is 15.5. The third-order valence-electron chi connectivity index (χ3n) is 3.63. The van der Waals surface area contributed by atoms with Crippen molar-refractivity contribution in [2.75, 3.05) is 6.61 Å². The van der Waals surface area contributed by atoms with Crippen molar-refractivity contribution in [3.63, 3.8) is 0 Å². The van der Waals surface area contributed by atoms with Crippen molar-refractivity contribution in [1.29, 1.82) is 0 Å². The lowest BCUT2D eigenvalue weighted by atomic mass is 10.1. The summed E-state index contributed by atoms with van der Waals surface area (Å²) in [5.41, 5.74) is 1.09. The molecule has 1 aliphatic carbocycles. The second kappa shape index (κ2) is 6.25. The average Bonchev–Trinajstić information content (AvgIpc) is 3.26. The van der Waals surface area contributed by atoms with Crippen LogP contribution in [0.5, 0.6) is 0 Å².